The first kappa shape index (κ1) is 19.8. The Kier molecular flexibility index (Phi) is 6.62. The van der Waals surface area contributed by atoms with Crippen molar-refractivity contribution in [1.29, 1.82) is 0 Å². The van der Waals surface area contributed by atoms with Crippen LogP contribution in [0.5, 0.6) is 0 Å². The van der Waals surface area contributed by atoms with Crippen molar-refractivity contribution in [3.8, 4) is 12.3 Å². The number of hydrogen-bond acceptors (Lipinski definition) is 3. The molecule has 4 heteroatoms. The summed E-state index contributed by atoms with van der Waals surface area (Å²) in [5, 5.41) is 11.2. The fourth-order valence-corrected chi connectivity index (χ4v) is 2.67. The van der Waals surface area contributed by atoms with E-state index in [4.69, 9.17) is 11.2 Å². The van der Waals surface area contributed by atoms with E-state index in [1.165, 1.54) is 12.0 Å². The third-order valence-corrected chi connectivity index (χ3v) is 4.08. The molecule has 0 spiro atoms. The summed E-state index contributed by atoms with van der Waals surface area (Å²) >= 11 is 0. The molecule has 0 aliphatic carbocycles. The fourth-order valence-electron chi connectivity index (χ4n) is 2.67. The highest BCUT2D eigenvalue weighted by Gasteiger charge is 2.35. The second-order valence-electron chi connectivity index (χ2n) is 6.61. The second kappa shape index (κ2) is 8.03. The molecule has 1 N–H and O–H groups in total. The Morgan fingerprint density at radius 3 is 2.42 bits per heavy atom. The van der Waals surface area contributed by atoms with Gasteiger partial charge in [-0.3, -0.25) is 4.90 Å². The van der Waals surface area contributed by atoms with Gasteiger partial charge in [0, 0.05) is 13.0 Å². The van der Waals surface area contributed by atoms with Crippen molar-refractivity contribution >= 4 is 6.09 Å². The third kappa shape index (κ3) is 4.87. The fraction of sp³-hybridized carbons (Fsp3) is 0.450. The van der Waals surface area contributed by atoms with Gasteiger partial charge < -0.3 is 9.84 Å². The van der Waals surface area contributed by atoms with E-state index in [9.17, 15) is 9.90 Å². The SMILES string of the molecule is C#CC(C)(C)N(CCC(O)(CC(=C)C)c1ccccc1)C(=O)OC. The standard InChI is InChI=1S/C20H27NO3/c1-7-19(4,5)21(18(22)24-6)14-13-20(23,15-16(2)3)17-11-9-8-10-12-17/h1,8-12,23H,2,13-15H2,3-6H3. The molecule has 0 radical (unpaired) electrons. The van der Waals surface area contributed by atoms with E-state index in [1.54, 1.807) is 13.8 Å². The molecule has 1 rings (SSSR count). The maximum atomic E-state index is 12.1. The zero-order chi connectivity index (χ0) is 18.4. The van der Waals surface area contributed by atoms with Crippen molar-refractivity contribution < 1.29 is 14.6 Å². The number of amides is 1. The Morgan fingerprint density at radius 2 is 1.96 bits per heavy atom. The molecule has 0 heterocycles. The molecule has 1 unspecified atom stereocenters. The first-order valence-electron chi connectivity index (χ1n) is 7.92. The minimum absolute atomic E-state index is 0.266. The highest BCUT2D eigenvalue weighted by molar-refractivity contribution is 5.69. The molecule has 0 fully saturated rings. The van der Waals surface area contributed by atoms with Crippen LogP contribution >= 0.6 is 0 Å². The molecule has 1 amide bonds. The van der Waals surface area contributed by atoms with Gasteiger partial charge in [0.25, 0.3) is 0 Å². The lowest BCUT2D eigenvalue weighted by Gasteiger charge is -2.37. The molecule has 130 valence electrons. The number of carbonyl (C=O) groups excluding carboxylic acids is 1. The van der Waals surface area contributed by atoms with Gasteiger partial charge >= 0.3 is 6.09 Å². The zero-order valence-corrected chi connectivity index (χ0v) is 15.0. The molecule has 1 aromatic rings. The number of ether oxygens (including phenoxy) is 1. The van der Waals surface area contributed by atoms with Crippen LogP contribution in [-0.2, 0) is 10.3 Å². The molecular formula is C20H27NO3. The van der Waals surface area contributed by atoms with Crippen LogP contribution < -0.4 is 0 Å². The van der Waals surface area contributed by atoms with Gasteiger partial charge in [-0.25, -0.2) is 4.79 Å². The number of rotatable bonds is 7. The molecular weight excluding hydrogens is 302 g/mol. The lowest BCUT2D eigenvalue weighted by Crippen LogP contribution is -2.48. The first-order chi connectivity index (χ1) is 11.2. The number of aliphatic hydroxyl groups is 1. The largest absolute Gasteiger partial charge is 0.453 e. The van der Waals surface area contributed by atoms with Crippen LogP contribution in [0.25, 0.3) is 0 Å². The lowest BCUT2D eigenvalue weighted by molar-refractivity contribution is 0.0106. The Hall–Kier alpha value is -2.25. The van der Waals surface area contributed by atoms with Gasteiger partial charge in [0.1, 0.15) is 5.54 Å². The van der Waals surface area contributed by atoms with E-state index in [2.05, 4.69) is 12.5 Å². The van der Waals surface area contributed by atoms with Gasteiger partial charge in [-0.2, -0.15) is 0 Å². The van der Waals surface area contributed by atoms with Crippen molar-refractivity contribution in [3.05, 3.63) is 48.0 Å². The maximum absolute atomic E-state index is 12.1. The number of methoxy groups -OCH3 is 1. The number of terminal acetylenes is 1. The quantitative estimate of drug-likeness (QED) is 0.613. The molecule has 0 saturated carbocycles. The number of nitrogens with zero attached hydrogens (tertiary/aromatic N) is 1. The molecule has 0 aromatic heterocycles. The van der Waals surface area contributed by atoms with Gasteiger partial charge in [0.05, 0.1) is 12.7 Å². The highest BCUT2D eigenvalue weighted by atomic mass is 16.5. The summed E-state index contributed by atoms with van der Waals surface area (Å²) in [5.41, 5.74) is -0.281. The highest BCUT2D eigenvalue weighted by Crippen LogP contribution is 2.32. The first-order valence-corrected chi connectivity index (χ1v) is 7.92. The summed E-state index contributed by atoms with van der Waals surface area (Å²) in [6.45, 7) is 9.59. The Labute approximate surface area is 145 Å². The molecule has 1 aromatic carbocycles. The minimum atomic E-state index is -1.12. The monoisotopic (exact) mass is 329 g/mol. The van der Waals surface area contributed by atoms with Crippen LogP contribution in [0.3, 0.4) is 0 Å². The molecule has 0 aliphatic heterocycles. The average molecular weight is 329 g/mol. The molecule has 0 bridgehead atoms. The topological polar surface area (TPSA) is 49.8 Å². The molecule has 0 aliphatic rings. The van der Waals surface area contributed by atoms with E-state index in [0.717, 1.165) is 11.1 Å². The van der Waals surface area contributed by atoms with E-state index in [-0.39, 0.29) is 6.54 Å². The van der Waals surface area contributed by atoms with Gasteiger partial charge in [-0.05, 0) is 32.8 Å². The summed E-state index contributed by atoms with van der Waals surface area (Å²) < 4.78 is 4.84. The molecule has 0 saturated heterocycles. The second-order valence-corrected chi connectivity index (χ2v) is 6.61. The Morgan fingerprint density at radius 1 is 1.38 bits per heavy atom. The number of carbonyl (C=O) groups is 1. The van der Waals surface area contributed by atoms with Crippen molar-refractivity contribution in [2.24, 2.45) is 0 Å². The maximum Gasteiger partial charge on any atom is 0.410 e. The zero-order valence-electron chi connectivity index (χ0n) is 15.0. The van der Waals surface area contributed by atoms with Crippen LogP contribution in [0.15, 0.2) is 42.5 Å². The van der Waals surface area contributed by atoms with Gasteiger partial charge in [0.2, 0.25) is 0 Å². The normalized spacial score (nSPS) is 13.5. The van der Waals surface area contributed by atoms with Gasteiger partial charge in [-0.1, -0.05) is 41.8 Å². The smallest absolute Gasteiger partial charge is 0.410 e. The molecule has 4 nitrogen and oxygen atoms in total. The van der Waals surface area contributed by atoms with E-state index >= 15 is 0 Å². The summed E-state index contributed by atoms with van der Waals surface area (Å²) in [7, 11) is 1.32. The van der Waals surface area contributed by atoms with Crippen molar-refractivity contribution in [1.82, 2.24) is 4.90 Å². The van der Waals surface area contributed by atoms with Crippen molar-refractivity contribution in [2.75, 3.05) is 13.7 Å². The summed E-state index contributed by atoms with van der Waals surface area (Å²) in [4.78, 5) is 13.6. The van der Waals surface area contributed by atoms with E-state index in [1.807, 2.05) is 37.3 Å². The van der Waals surface area contributed by atoms with Crippen LogP contribution in [0.4, 0.5) is 4.79 Å². The Balaban J connectivity index is 3.08. The van der Waals surface area contributed by atoms with Crippen LogP contribution in [0.2, 0.25) is 0 Å². The predicted octanol–water partition coefficient (Wildman–Crippen LogP) is 3.71. The summed E-state index contributed by atoms with van der Waals surface area (Å²) in [5.74, 6) is 2.60. The van der Waals surface area contributed by atoms with E-state index in [0.29, 0.717) is 12.8 Å². The summed E-state index contributed by atoms with van der Waals surface area (Å²) in [6.07, 6.45) is 5.77. The van der Waals surface area contributed by atoms with Crippen LogP contribution in [0, 0.1) is 12.3 Å². The molecule has 24 heavy (non-hydrogen) atoms. The minimum Gasteiger partial charge on any atom is -0.453 e. The van der Waals surface area contributed by atoms with Gasteiger partial charge in [0.15, 0.2) is 0 Å². The predicted molar refractivity (Wildman–Crippen MR) is 96.4 cm³/mol. The van der Waals surface area contributed by atoms with Crippen LogP contribution in [-0.4, -0.2) is 35.3 Å². The molecule has 1 atom stereocenters. The lowest BCUT2D eigenvalue weighted by atomic mass is 9.84. The average Bonchev–Trinajstić information content (AvgIpc) is 2.54. The number of hydrogen-bond donors (Lipinski definition) is 1. The summed E-state index contributed by atoms with van der Waals surface area (Å²) in [6, 6.07) is 9.40. The van der Waals surface area contributed by atoms with Crippen molar-refractivity contribution in [2.45, 2.75) is 44.8 Å². The van der Waals surface area contributed by atoms with E-state index < -0.39 is 17.2 Å². The van der Waals surface area contributed by atoms with Crippen LogP contribution in [0.1, 0.15) is 39.2 Å². The van der Waals surface area contributed by atoms with Gasteiger partial charge in [-0.15, -0.1) is 13.0 Å². The number of benzene rings is 1. The van der Waals surface area contributed by atoms with Crippen molar-refractivity contribution in [3.63, 3.8) is 0 Å². The third-order valence-electron chi connectivity index (χ3n) is 4.08. The Bertz CT molecular complexity index is 616.